The molecule has 1 aliphatic heterocycles. The number of benzene rings is 1. The van der Waals surface area contributed by atoms with E-state index in [0.717, 1.165) is 64.4 Å². The molecule has 1 aromatic rings. The number of aliphatic hydroxyl groups is 1. The Morgan fingerprint density at radius 1 is 1.19 bits per heavy atom. The number of nitrogens with one attached hydrogen (secondary N) is 1. The fraction of sp³-hybridized carbons (Fsp3) is 0.650. The maximum atomic E-state index is 10.6. The van der Waals surface area contributed by atoms with Gasteiger partial charge in [0, 0.05) is 38.4 Å². The first-order valence-electron chi connectivity index (χ1n) is 9.67. The molecule has 0 aromatic heterocycles. The lowest BCUT2D eigenvalue weighted by Gasteiger charge is -2.38. The SMILES string of the molecule is CCNC(=NCC1(O)CCCC1)N1CCN(c2cccc(C)c2)CC1.I. The van der Waals surface area contributed by atoms with Crippen LogP contribution in [0.15, 0.2) is 29.3 Å². The Kier molecular flexibility index (Phi) is 8.01. The van der Waals surface area contributed by atoms with E-state index in [4.69, 9.17) is 4.99 Å². The third-order valence-corrected chi connectivity index (χ3v) is 5.34. The molecule has 0 atom stereocenters. The Labute approximate surface area is 174 Å². The molecule has 1 saturated carbocycles. The average Bonchev–Trinajstić information content (AvgIpc) is 3.06. The molecule has 1 aliphatic carbocycles. The van der Waals surface area contributed by atoms with E-state index >= 15 is 0 Å². The highest BCUT2D eigenvalue weighted by Gasteiger charge is 2.31. The van der Waals surface area contributed by atoms with Gasteiger partial charge in [-0.2, -0.15) is 0 Å². The van der Waals surface area contributed by atoms with E-state index in [1.165, 1.54) is 11.3 Å². The number of anilines is 1. The second-order valence-electron chi connectivity index (χ2n) is 7.41. The molecule has 0 unspecified atom stereocenters. The van der Waals surface area contributed by atoms with Gasteiger partial charge in [0.15, 0.2) is 5.96 Å². The fourth-order valence-electron chi connectivity index (χ4n) is 3.84. The molecule has 2 aliphatic rings. The Morgan fingerprint density at radius 2 is 1.88 bits per heavy atom. The van der Waals surface area contributed by atoms with E-state index in [1.54, 1.807) is 0 Å². The highest BCUT2D eigenvalue weighted by Crippen LogP contribution is 2.29. The van der Waals surface area contributed by atoms with Gasteiger partial charge in [-0.05, 0) is 44.4 Å². The predicted octanol–water partition coefficient (Wildman–Crippen LogP) is 3.01. The number of aliphatic imine (C=N–C) groups is 1. The van der Waals surface area contributed by atoms with E-state index in [0.29, 0.717) is 6.54 Å². The molecule has 2 fully saturated rings. The number of aryl methyl sites for hydroxylation is 1. The molecule has 1 saturated heterocycles. The van der Waals surface area contributed by atoms with Crippen LogP contribution in [0.4, 0.5) is 5.69 Å². The van der Waals surface area contributed by atoms with Crippen LogP contribution in [0, 0.1) is 6.92 Å². The lowest BCUT2D eigenvalue weighted by atomic mass is 10.0. The van der Waals surface area contributed by atoms with E-state index < -0.39 is 5.60 Å². The van der Waals surface area contributed by atoms with Crippen LogP contribution in [-0.4, -0.2) is 60.8 Å². The van der Waals surface area contributed by atoms with Crippen LogP contribution in [0.5, 0.6) is 0 Å². The second-order valence-corrected chi connectivity index (χ2v) is 7.41. The van der Waals surface area contributed by atoms with Gasteiger partial charge in [-0.1, -0.05) is 25.0 Å². The monoisotopic (exact) mass is 472 g/mol. The molecule has 5 nitrogen and oxygen atoms in total. The van der Waals surface area contributed by atoms with Crippen LogP contribution in [0.1, 0.15) is 38.2 Å². The smallest absolute Gasteiger partial charge is 0.194 e. The first kappa shape index (κ1) is 21.3. The number of hydrogen-bond donors (Lipinski definition) is 2. The summed E-state index contributed by atoms with van der Waals surface area (Å²) in [7, 11) is 0. The van der Waals surface area contributed by atoms with Crippen molar-refractivity contribution in [1.29, 1.82) is 0 Å². The van der Waals surface area contributed by atoms with Crippen molar-refractivity contribution in [1.82, 2.24) is 10.2 Å². The number of halogens is 1. The second kappa shape index (κ2) is 9.78. The van der Waals surface area contributed by atoms with Gasteiger partial charge in [0.05, 0.1) is 12.1 Å². The summed E-state index contributed by atoms with van der Waals surface area (Å²) in [6, 6.07) is 8.72. The molecular weight excluding hydrogens is 439 g/mol. The molecule has 0 amide bonds. The summed E-state index contributed by atoms with van der Waals surface area (Å²) in [5, 5.41) is 14.0. The average molecular weight is 472 g/mol. The zero-order chi connectivity index (χ0) is 17.7. The van der Waals surface area contributed by atoms with Gasteiger partial charge in [-0.15, -0.1) is 24.0 Å². The molecule has 3 rings (SSSR count). The molecule has 26 heavy (non-hydrogen) atoms. The van der Waals surface area contributed by atoms with Crippen molar-refractivity contribution < 1.29 is 5.11 Å². The van der Waals surface area contributed by atoms with Crippen LogP contribution < -0.4 is 10.2 Å². The van der Waals surface area contributed by atoms with E-state index in [1.807, 2.05) is 0 Å². The van der Waals surface area contributed by atoms with Gasteiger partial charge < -0.3 is 20.2 Å². The number of guanidine groups is 1. The predicted molar refractivity (Wildman–Crippen MR) is 120 cm³/mol. The summed E-state index contributed by atoms with van der Waals surface area (Å²) < 4.78 is 0. The topological polar surface area (TPSA) is 51.1 Å². The number of hydrogen-bond acceptors (Lipinski definition) is 3. The first-order chi connectivity index (χ1) is 12.1. The molecule has 0 bridgehead atoms. The maximum Gasteiger partial charge on any atom is 0.194 e. The van der Waals surface area contributed by atoms with Crippen LogP contribution in [-0.2, 0) is 0 Å². The molecule has 1 aromatic carbocycles. The van der Waals surface area contributed by atoms with Gasteiger partial charge in [-0.3, -0.25) is 4.99 Å². The number of nitrogens with zero attached hydrogens (tertiary/aromatic N) is 3. The van der Waals surface area contributed by atoms with Gasteiger partial charge in [-0.25, -0.2) is 0 Å². The minimum Gasteiger partial charge on any atom is -0.388 e. The quantitative estimate of drug-likeness (QED) is 0.402. The summed E-state index contributed by atoms with van der Waals surface area (Å²) in [6.45, 7) is 9.53. The minimum absolute atomic E-state index is 0. The summed E-state index contributed by atoms with van der Waals surface area (Å²) in [5.41, 5.74) is 2.03. The molecule has 0 radical (unpaired) electrons. The van der Waals surface area contributed by atoms with Crippen LogP contribution >= 0.6 is 24.0 Å². The Hall–Kier alpha value is -1.02. The van der Waals surface area contributed by atoms with Crippen molar-refractivity contribution in [3.8, 4) is 0 Å². The summed E-state index contributed by atoms with van der Waals surface area (Å²) >= 11 is 0. The van der Waals surface area contributed by atoms with Gasteiger partial charge in [0.1, 0.15) is 0 Å². The largest absolute Gasteiger partial charge is 0.388 e. The molecule has 0 spiro atoms. The van der Waals surface area contributed by atoms with Gasteiger partial charge in [0.25, 0.3) is 0 Å². The number of rotatable bonds is 4. The third kappa shape index (κ3) is 5.49. The third-order valence-electron chi connectivity index (χ3n) is 5.34. The number of piperazine rings is 1. The van der Waals surface area contributed by atoms with Crippen molar-refractivity contribution in [3.05, 3.63) is 29.8 Å². The van der Waals surface area contributed by atoms with Crippen LogP contribution in [0.2, 0.25) is 0 Å². The van der Waals surface area contributed by atoms with Crippen molar-refractivity contribution in [3.63, 3.8) is 0 Å². The van der Waals surface area contributed by atoms with Crippen LogP contribution in [0.3, 0.4) is 0 Å². The molecule has 2 N–H and O–H groups in total. The van der Waals surface area contributed by atoms with Crippen molar-refractivity contribution in [2.75, 3.05) is 44.2 Å². The Balaban J connectivity index is 0.00000243. The Morgan fingerprint density at radius 3 is 2.50 bits per heavy atom. The summed E-state index contributed by atoms with van der Waals surface area (Å²) in [5.74, 6) is 0.951. The van der Waals surface area contributed by atoms with Crippen LogP contribution in [0.25, 0.3) is 0 Å². The zero-order valence-corrected chi connectivity index (χ0v) is 18.4. The van der Waals surface area contributed by atoms with Crippen molar-refractivity contribution >= 4 is 35.6 Å². The highest BCUT2D eigenvalue weighted by molar-refractivity contribution is 14.0. The Bertz CT molecular complexity index is 593. The molecule has 6 heteroatoms. The summed E-state index contributed by atoms with van der Waals surface area (Å²) in [4.78, 5) is 9.54. The van der Waals surface area contributed by atoms with E-state index in [-0.39, 0.29) is 24.0 Å². The lowest BCUT2D eigenvalue weighted by Crippen LogP contribution is -2.53. The first-order valence-corrected chi connectivity index (χ1v) is 9.67. The minimum atomic E-state index is -0.579. The molecule has 1 heterocycles. The van der Waals surface area contributed by atoms with Gasteiger partial charge >= 0.3 is 0 Å². The fourth-order valence-corrected chi connectivity index (χ4v) is 3.84. The van der Waals surface area contributed by atoms with Crippen molar-refractivity contribution in [2.24, 2.45) is 4.99 Å². The standard InChI is InChI=1S/C20H32N4O.HI/c1-3-21-19(22-16-20(25)9-4-5-10-20)24-13-11-23(12-14-24)18-8-6-7-17(2)15-18;/h6-8,15,25H,3-5,9-14,16H2,1-2H3,(H,21,22);1H. The highest BCUT2D eigenvalue weighted by atomic mass is 127. The zero-order valence-electron chi connectivity index (χ0n) is 16.1. The van der Waals surface area contributed by atoms with Gasteiger partial charge in [0.2, 0.25) is 0 Å². The normalized spacial score (nSPS) is 20.0. The molecular formula is C20H33IN4O. The summed E-state index contributed by atoms with van der Waals surface area (Å²) in [6.07, 6.45) is 4.02. The molecule has 146 valence electrons. The van der Waals surface area contributed by atoms with Crippen molar-refractivity contribution in [2.45, 2.75) is 45.1 Å². The van der Waals surface area contributed by atoms with E-state index in [2.05, 4.69) is 53.2 Å². The van der Waals surface area contributed by atoms with E-state index in [9.17, 15) is 5.11 Å². The maximum absolute atomic E-state index is 10.6. The lowest BCUT2D eigenvalue weighted by molar-refractivity contribution is 0.0571.